The van der Waals surface area contributed by atoms with Crippen LogP contribution in [0.15, 0.2) is 12.2 Å². The zero-order valence-electron chi connectivity index (χ0n) is 11.2. The fraction of sp³-hybridized carbons (Fsp3) is 0.727. The average molecular weight is 281 g/mol. The molecule has 0 aliphatic rings. The minimum Gasteiger partial charge on any atom is -0.870 e. The molecule has 0 aromatic rings. The van der Waals surface area contributed by atoms with Crippen molar-refractivity contribution in [3.8, 4) is 0 Å². The van der Waals surface area contributed by atoms with E-state index in [1.807, 2.05) is 14.1 Å². The highest BCUT2D eigenvalue weighted by Crippen LogP contribution is 2.05. The Hall–Kier alpha value is -0.760. The SMILES string of the molecule is C=C(C)C(=O)CC[N+](C)(C)CCCS(=O)(=O)O.[OH-]. The number of carbonyl (C=O) groups excluding carboxylic acids is 1. The minimum absolute atomic E-state index is 0. The van der Waals surface area contributed by atoms with E-state index >= 15 is 0 Å². The molecule has 0 spiro atoms. The van der Waals surface area contributed by atoms with E-state index in [0.29, 0.717) is 36.0 Å². The van der Waals surface area contributed by atoms with Crippen molar-refractivity contribution >= 4 is 15.9 Å². The van der Waals surface area contributed by atoms with Crippen LogP contribution >= 0.6 is 0 Å². The molecule has 0 radical (unpaired) electrons. The summed E-state index contributed by atoms with van der Waals surface area (Å²) < 4.78 is 30.3. The van der Waals surface area contributed by atoms with Crippen LogP contribution in [0.3, 0.4) is 0 Å². The first-order valence-electron chi connectivity index (χ1n) is 5.49. The molecule has 0 unspecified atom stereocenters. The molecule has 6 nitrogen and oxygen atoms in total. The summed E-state index contributed by atoms with van der Waals surface area (Å²) in [6.45, 7) is 6.50. The number of carbonyl (C=O) groups is 1. The number of quaternary nitrogens is 1. The van der Waals surface area contributed by atoms with Gasteiger partial charge in [-0.2, -0.15) is 8.42 Å². The van der Waals surface area contributed by atoms with Gasteiger partial charge in [-0.3, -0.25) is 9.35 Å². The Morgan fingerprint density at radius 3 is 2.17 bits per heavy atom. The largest absolute Gasteiger partial charge is 0.870 e. The van der Waals surface area contributed by atoms with E-state index in [4.69, 9.17) is 4.55 Å². The molecule has 18 heavy (non-hydrogen) atoms. The number of rotatable bonds is 8. The summed E-state index contributed by atoms with van der Waals surface area (Å²) in [6.07, 6.45) is 0.793. The van der Waals surface area contributed by atoms with Crippen molar-refractivity contribution in [3.05, 3.63) is 12.2 Å². The van der Waals surface area contributed by atoms with E-state index in [1.54, 1.807) is 6.92 Å². The van der Waals surface area contributed by atoms with Gasteiger partial charge < -0.3 is 9.96 Å². The summed E-state index contributed by atoms with van der Waals surface area (Å²) in [7, 11) is -0.0297. The summed E-state index contributed by atoms with van der Waals surface area (Å²) in [4.78, 5) is 11.4. The number of ketones is 1. The fourth-order valence-corrected chi connectivity index (χ4v) is 1.90. The molecular weight excluding hydrogens is 258 g/mol. The topological polar surface area (TPSA) is 101 Å². The number of Topliss-reactive ketones (excluding diaryl/α,β-unsaturated/α-hetero) is 1. The van der Waals surface area contributed by atoms with Crippen molar-refractivity contribution in [2.45, 2.75) is 19.8 Å². The lowest BCUT2D eigenvalue weighted by Gasteiger charge is -2.29. The number of allylic oxidation sites excluding steroid dienone is 1. The van der Waals surface area contributed by atoms with Gasteiger partial charge in [0.2, 0.25) is 0 Å². The van der Waals surface area contributed by atoms with Crippen molar-refractivity contribution in [3.63, 3.8) is 0 Å². The summed E-state index contributed by atoms with van der Waals surface area (Å²) in [6, 6.07) is 0. The average Bonchev–Trinajstić information content (AvgIpc) is 2.11. The predicted molar refractivity (Wildman–Crippen MR) is 69.2 cm³/mol. The van der Waals surface area contributed by atoms with Crippen LogP contribution in [0, 0.1) is 0 Å². The normalized spacial score (nSPS) is 11.8. The fourth-order valence-electron chi connectivity index (χ4n) is 1.40. The molecule has 108 valence electrons. The van der Waals surface area contributed by atoms with Crippen LogP contribution in [0.25, 0.3) is 0 Å². The number of hydrogen-bond donors (Lipinski definition) is 1. The van der Waals surface area contributed by atoms with Gasteiger partial charge in [0, 0.05) is 6.42 Å². The summed E-state index contributed by atoms with van der Waals surface area (Å²) >= 11 is 0. The lowest BCUT2D eigenvalue weighted by Crippen LogP contribution is -2.42. The lowest BCUT2D eigenvalue weighted by atomic mass is 10.1. The van der Waals surface area contributed by atoms with Gasteiger partial charge >= 0.3 is 0 Å². The van der Waals surface area contributed by atoms with Crippen molar-refractivity contribution < 1.29 is 27.7 Å². The van der Waals surface area contributed by atoms with E-state index in [0.717, 1.165) is 0 Å². The Morgan fingerprint density at radius 2 is 1.78 bits per heavy atom. The van der Waals surface area contributed by atoms with Gasteiger partial charge in [0.25, 0.3) is 10.1 Å². The monoisotopic (exact) mass is 281 g/mol. The quantitative estimate of drug-likeness (QED) is 0.401. The maximum atomic E-state index is 11.4. The van der Waals surface area contributed by atoms with Crippen LogP contribution < -0.4 is 0 Å². The molecule has 0 saturated carbocycles. The third-order valence-electron chi connectivity index (χ3n) is 2.59. The van der Waals surface area contributed by atoms with Crippen LogP contribution in [0.4, 0.5) is 0 Å². The van der Waals surface area contributed by atoms with Crippen molar-refractivity contribution in [1.29, 1.82) is 0 Å². The zero-order chi connectivity index (χ0) is 13.7. The van der Waals surface area contributed by atoms with Gasteiger partial charge in [-0.1, -0.05) is 6.58 Å². The molecule has 2 N–H and O–H groups in total. The zero-order valence-corrected chi connectivity index (χ0v) is 12.0. The highest BCUT2D eigenvalue weighted by atomic mass is 32.2. The lowest BCUT2D eigenvalue weighted by molar-refractivity contribution is -0.889. The van der Waals surface area contributed by atoms with Crippen LogP contribution in [-0.2, 0) is 14.9 Å². The predicted octanol–water partition coefficient (Wildman–Crippen LogP) is 0.699. The first-order chi connectivity index (χ1) is 7.53. The van der Waals surface area contributed by atoms with E-state index < -0.39 is 10.1 Å². The maximum absolute atomic E-state index is 11.4. The van der Waals surface area contributed by atoms with Gasteiger partial charge in [-0.15, -0.1) is 0 Å². The molecule has 0 aromatic heterocycles. The molecule has 0 amide bonds. The van der Waals surface area contributed by atoms with E-state index in [2.05, 4.69) is 6.58 Å². The van der Waals surface area contributed by atoms with Gasteiger partial charge in [0.05, 0.1) is 39.4 Å². The minimum atomic E-state index is -3.88. The summed E-state index contributed by atoms with van der Waals surface area (Å²) in [5.74, 6) is -0.200. The molecule has 0 atom stereocenters. The Morgan fingerprint density at radius 1 is 1.28 bits per heavy atom. The van der Waals surface area contributed by atoms with Gasteiger partial charge in [0.15, 0.2) is 5.78 Å². The van der Waals surface area contributed by atoms with Gasteiger partial charge in [-0.05, 0) is 12.5 Å². The molecule has 0 saturated heterocycles. The summed E-state index contributed by atoms with van der Waals surface area (Å²) in [5, 5.41) is 0. The molecule has 0 rings (SSSR count). The van der Waals surface area contributed by atoms with Crippen LogP contribution in [0.2, 0.25) is 0 Å². The molecule has 0 aliphatic heterocycles. The molecule has 0 heterocycles. The highest BCUT2D eigenvalue weighted by Gasteiger charge is 2.18. The standard InChI is InChI=1S/C11H21NO4S.H2O/c1-10(2)11(13)6-8-12(3,4)7-5-9-17(14,15)16;/h1,5-9H2,2-4H3;1H2. The second-order valence-electron chi connectivity index (χ2n) is 4.98. The third kappa shape index (κ3) is 10.4. The number of nitrogens with zero attached hydrogens (tertiary/aromatic N) is 1. The molecular formula is C11H23NO5S. The first kappa shape index (κ1) is 19.6. The molecule has 0 aromatic carbocycles. The second-order valence-corrected chi connectivity index (χ2v) is 6.55. The number of hydrogen-bond acceptors (Lipinski definition) is 4. The molecule has 7 heteroatoms. The van der Waals surface area contributed by atoms with E-state index in [9.17, 15) is 13.2 Å². The Kier molecular flexibility index (Phi) is 8.29. The summed E-state index contributed by atoms with van der Waals surface area (Å²) in [5.41, 5.74) is 0.544. The van der Waals surface area contributed by atoms with Crippen molar-refractivity contribution in [2.75, 3.05) is 32.9 Å². The highest BCUT2D eigenvalue weighted by molar-refractivity contribution is 7.85. The maximum Gasteiger partial charge on any atom is 0.265 e. The van der Waals surface area contributed by atoms with Crippen LogP contribution in [-0.4, -0.2) is 61.7 Å². The van der Waals surface area contributed by atoms with Crippen LogP contribution in [0.1, 0.15) is 19.8 Å². The molecule has 0 aliphatic carbocycles. The third-order valence-corrected chi connectivity index (χ3v) is 3.39. The molecule has 0 bridgehead atoms. The Bertz CT molecular complexity index is 386. The first-order valence-corrected chi connectivity index (χ1v) is 7.10. The van der Waals surface area contributed by atoms with Gasteiger partial charge in [-0.25, -0.2) is 0 Å². The van der Waals surface area contributed by atoms with Gasteiger partial charge in [0.1, 0.15) is 0 Å². The second kappa shape index (κ2) is 7.63. The van der Waals surface area contributed by atoms with Crippen molar-refractivity contribution in [2.24, 2.45) is 0 Å². The Labute approximate surface area is 109 Å². The van der Waals surface area contributed by atoms with Crippen LogP contribution in [0.5, 0.6) is 0 Å². The van der Waals surface area contributed by atoms with Crippen molar-refractivity contribution in [1.82, 2.24) is 0 Å². The van der Waals surface area contributed by atoms with E-state index in [1.165, 1.54) is 0 Å². The van der Waals surface area contributed by atoms with E-state index in [-0.39, 0.29) is 17.0 Å². The molecule has 0 fully saturated rings. The smallest absolute Gasteiger partial charge is 0.265 e. The Balaban J connectivity index is 0.